The van der Waals surface area contributed by atoms with E-state index in [1.165, 1.54) is 28.6 Å². The van der Waals surface area contributed by atoms with Gasteiger partial charge in [0.1, 0.15) is 0 Å². The van der Waals surface area contributed by atoms with E-state index in [9.17, 15) is 0 Å². The molecule has 2 aromatic rings. The van der Waals surface area contributed by atoms with Crippen LogP contribution < -0.4 is 9.47 Å². The highest BCUT2D eigenvalue weighted by molar-refractivity contribution is 5.87. The van der Waals surface area contributed by atoms with Crippen LogP contribution >= 0.6 is 0 Å². The second-order valence-corrected chi connectivity index (χ2v) is 5.73. The first-order chi connectivity index (χ1) is 9.22. The Bertz CT molecular complexity index is 678. The van der Waals surface area contributed by atoms with E-state index >= 15 is 0 Å². The average molecular weight is 255 g/mol. The molecular formula is C16H17NO2. The molecule has 1 aromatic heterocycles. The summed E-state index contributed by atoms with van der Waals surface area (Å²) in [6.45, 7) is 4.86. The van der Waals surface area contributed by atoms with Gasteiger partial charge in [0.05, 0.1) is 5.52 Å². The normalized spacial score (nSPS) is 20.6. The Balaban J connectivity index is 1.99. The molecular weight excluding hydrogens is 238 g/mol. The van der Waals surface area contributed by atoms with E-state index in [0.717, 1.165) is 35.8 Å². The molecule has 0 unspecified atom stereocenters. The number of fused-ring (bicyclic) bond motifs is 3. The minimum Gasteiger partial charge on any atom is -0.454 e. The molecule has 0 spiro atoms. The van der Waals surface area contributed by atoms with Crippen LogP contribution in [0.1, 0.15) is 30.2 Å². The number of aryl methyl sites for hydroxylation is 2. The van der Waals surface area contributed by atoms with Gasteiger partial charge in [-0.3, -0.25) is 4.98 Å². The third-order valence-corrected chi connectivity index (χ3v) is 4.38. The minimum absolute atomic E-state index is 0.321. The van der Waals surface area contributed by atoms with Gasteiger partial charge in [-0.25, -0.2) is 0 Å². The summed E-state index contributed by atoms with van der Waals surface area (Å²) in [7, 11) is 0. The summed E-state index contributed by atoms with van der Waals surface area (Å²) >= 11 is 0. The maximum atomic E-state index is 5.48. The van der Waals surface area contributed by atoms with E-state index < -0.39 is 0 Å². The molecule has 2 heterocycles. The molecule has 0 bridgehead atoms. The average Bonchev–Trinajstić information content (AvgIpc) is 2.85. The smallest absolute Gasteiger partial charge is 0.231 e. The number of hydrogen-bond acceptors (Lipinski definition) is 3. The Labute approximate surface area is 112 Å². The SMILES string of the molecule is Cc1c2c(nc3cc4c(cc13)OCO4)CC[C@@H](C)C2. The molecule has 4 rings (SSSR count). The maximum absolute atomic E-state index is 5.48. The first kappa shape index (κ1) is 11.1. The largest absolute Gasteiger partial charge is 0.454 e. The number of benzene rings is 1. The monoisotopic (exact) mass is 255 g/mol. The summed E-state index contributed by atoms with van der Waals surface area (Å²) in [5.74, 6) is 2.43. The molecule has 0 amide bonds. The highest BCUT2D eigenvalue weighted by atomic mass is 16.7. The first-order valence-electron chi connectivity index (χ1n) is 6.94. The first-order valence-corrected chi connectivity index (χ1v) is 6.94. The van der Waals surface area contributed by atoms with Crippen molar-refractivity contribution in [2.75, 3.05) is 6.79 Å². The van der Waals surface area contributed by atoms with Crippen LogP contribution in [0.4, 0.5) is 0 Å². The molecule has 3 nitrogen and oxygen atoms in total. The third kappa shape index (κ3) is 1.61. The van der Waals surface area contributed by atoms with Gasteiger partial charge >= 0.3 is 0 Å². The van der Waals surface area contributed by atoms with Gasteiger partial charge in [0.25, 0.3) is 0 Å². The van der Waals surface area contributed by atoms with Crippen molar-refractivity contribution < 1.29 is 9.47 Å². The summed E-state index contributed by atoms with van der Waals surface area (Å²) in [6, 6.07) is 4.10. The third-order valence-electron chi connectivity index (χ3n) is 4.38. The van der Waals surface area contributed by atoms with Crippen molar-refractivity contribution >= 4 is 10.9 Å². The second-order valence-electron chi connectivity index (χ2n) is 5.73. The van der Waals surface area contributed by atoms with Crippen molar-refractivity contribution in [1.82, 2.24) is 4.98 Å². The van der Waals surface area contributed by atoms with E-state index in [-0.39, 0.29) is 0 Å². The van der Waals surface area contributed by atoms with Gasteiger partial charge in [-0.15, -0.1) is 0 Å². The van der Waals surface area contributed by atoms with Gasteiger partial charge in [-0.2, -0.15) is 0 Å². The van der Waals surface area contributed by atoms with Crippen molar-refractivity contribution in [3.63, 3.8) is 0 Å². The van der Waals surface area contributed by atoms with Crippen LogP contribution in [0.5, 0.6) is 11.5 Å². The van der Waals surface area contributed by atoms with Crippen LogP contribution in [0.15, 0.2) is 12.1 Å². The predicted octanol–water partition coefficient (Wildman–Crippen LogP) is 3.40. The van der Waals surface area contributed by atoms with E-state index in [2.05, 4.69) is 19.9 Å². The highest BCUT2D eigenvalue weighted by Crippen LogP contribution is 2.39. The fourth-order valence-electron chi connectivity index (χ4n) is 3.23. The molecule has 0 saturated heterocycles. The van der Waals surface area contributed by atoms with Crippen molar-refractivity contribution in [2.24, 2.45) is 5.92 Å². The Morgan fingerprint density at radius 3 is 2.84 bits per heavy atom. The molecule has 1 aliphatic heterocycles. The van der Waals surface area contributed by atoms with Crippen LogP contribution in [0.25, 0.3) is 10.9 Å². The number of hydrogen-bond donors (Lipinski definition) is 0. The van der Waals surface area contributed by atoms with Crippen molar-refractivity contribution in [2.45, 2.75) is 33.1 Å². The zero-order valence-electron chi connectivity index (χ0n) is 11.3. The minimum atomic E-state index is 0.321. The summed E-state index contributed by atoms with van der Waals surface area (Å²) in [5.41, 5.74) is 5.13. The van der Waals surface area contributed by atoms with Gasteiger partial charge in [-0.1, -0.05) is 6.92 Å². The Kier molecular flexibility index (Phi) is 2.25. The number of rotatable bonds is 0. The van der Waals surface area contributed by atoms with Gasteiger partial charge in [0.15, 0.2) is 11.5 Å². The van der Waals surface area contributed by atoms with Crippen LogP contribution in [-0.4, -0.2) is 11.8 Å². The fraction of sp³-hybridized carbons (Fsp3) is 0.438. The Morgan fingerprint density at radius 2 is 2.00 bits per heavy atom. The van der Waals surface area contributed by atoms with E-state index in [1.807, 2.05) is 6.07 Å². The van der Waals surface area contributed by atoms with E-state index in [1.54, 1.807) is 0 Å². The number of pyridine rings is 1. The molecule has 1 aromatic carbocycles. The quantitative estimate of drug-likeness (QED) is 0.723. The lowest BCUT2D eigenvalue weighted by Gasteiger charge is -2.23. The number of aromatic nitrogens is 1. The molecule has 0 radical (unpaired) electrons. The zero-order chi connectivity index (χ0) is 13.0. The van der Waals surface area contributed by atoms with Crippen LogP contribution in [0, 0.1) is 12.8 Å². The van der Waals surface area contributed by atoms with Gasteiger partial charge in [0, 0.05) is 17.1 Å². The molecule has 19 heavy (non-hydrogen) atoms. The lowest BCUT2D eigenvalue weighted by molar-refractivity contribution is 0.174. The van der Waals surface area contributed by atoms with Gasteiger partial charge < -0.3 is 9.47 Å². The van der Waals surface area contributed by atoms with Crippen LogP contribution in [0.2, 0.25) is 0 Å². The lowest BCUT2D eigenvalue weighted by atomic mass is 9.84. The summed E-state index contributed by atoms with van der Waals surface area (Å²) in [6.07, 6.45) is 3.50. The van der Waals surface area contributed by atoms with Crippen molar-refractivity contribution in [1.29, 1.82) is 0 Å². The highest BCUT2D eigenvalue weighted by Gasteiger charge is 2.22. The Morgan fingerprint density at radius 1 is 1.21 bits per heavy atom. The second kappa shape index (κ2) is 3.86. The van der Waals surface area contributed by atoms with Gasteiger partial charge in [-0.05, 0) is 49.3 Å². The predicted molar refractivity (Wildman–Crippen MR) is 73.8 cm³/mol. The summed E-state index contributed by atoms with van der Waals surface area (Å²) in [5, 5.41) is 1.21. The zero-order valence-corrected chi connectivity index (χ0v) is 11.3. The molecule has 0 fully saturated rings. The van der Waals surface area contributed by atoms with E-state index in [4.69, 9.17) is 14.5 Å². The molecule has 1 aliphatic carbocycles. The van der Waals surface area contributed by atoms with E-state index in [0.29, 0.717) is 6.79 Å². The maximum Gasteiger partial charge on any atom is 0.231 e. The summed E-state index contributed by atoms with van der Waals surface area (Å²) < 4.78 is 10.9. The molecule has 0 N–H and O–H groups in total. The van der Waals surface area contributed by atoms with Crippen LogP contribution in [-0.2, 0) is 12.8 Å². The fourth-order valence-corrected chi connectivity index (χ4v) is 3.23. The topological polar surface area (TPSA) is 31.4 Å². The van der Waals surface area contributed by atoms with Crippen molar-refractivity contribution in [3.05, 3.63) is 29.0 Å². The van der Waals surface area contributed by atoms with Gasteiger partial charge in [0.2, 0.25) is 6.79 Å². The standard InChI is InChI=1S/C16H17NO2/c1-9-3-4-13-11(5-9)10(2)12-6-15-16(19-8-18-15)7-14(12)17-13/h6-7,9H,3-5,8H2,1-2H3/t9-/m1/s1. The van der Waals surface area contributed by atoms with Crippen LogP contribution in [0.3, 0.4) is 0 Å². The summed E-state index contributed by atoms with van der Waals surface area (Å²) in [4.78, 5) is 4.85. The molecule has 3 heteroatoms. The molecule has 2 aliphatic rings. The van der Waals surface area contributed by atoms with Crippen molar-refractivity contribution in [3.8, 4) is 11.5 Å². The number of ether oxygens (including phenoxy) is 2. The molecule has 98 valence electrons. The lowest BCUT2D eigenvalue weighted by Crippen LogP contribution is -2.14. The Hall–Kier alpha value is -1.77. The molecule has 0 saturated carbocycles. The molecule has 1 atom stereocenters. The number of nitrogens with zero attached hydrogens (tertiary/aromatic N) is 1.